The van der Waals surface area contributed by atoms with Gasteiger partial charge in [0.15, 0.2) is 0 Å². The quantitative estimate of drug-likeness (QED) is 0.573. The van der Waals surface area contributed by atoms with E-state index in [1.54, 1.807) is 18.2 Å². The van der Waals surface area contributed by atoms with Crippen LogP contribution >= 0.6 is 0 Å². The predicted molar refractivity (Wildman–Crippen MR) is 88.6 cm³/mol. The predicted octanol–water partition coefficient (Wildman–Crippen LogP) is 1.78. The number of carbonyl (C=O) groups excluding carboxylic acids is 1. The number of aliphatic hydroxyl groups excluding tert-OH is 1. The zero-order valence-corrected chi connectivity index (χ0v) is 12.8. The fourth-order valence-corrected chi connectivity index (χ4v) is 2.93. The number of para-hydroxylation sites is 2. The lowest BCUT2D eigenvalue weighted by molar-refractivity contribution is -0.383. The highest BCUT2D eigenvalue weighted by Gasteiger charge is 2.31. The molecule has 124 valence electrons. The van der Waals surface area contributed by atoms with Gasteiger partial charge in [0.25, 0.3) is 5.69 Å². The molecule has 2 atom stereocenters. The first-order valence-corrected chi connectivity index (χ1v) is 7.59. The van der Waals surface area contributed by atoms with Crippen molar-refractivity contribution in [3.8, 4) is 0 Å². The summed E-state index contributed by atoms with van der Waals surface area (Å²) >= 11 is 0. The number of hydrogen-bond donors (Lipinski definition) is 3. The Labute approximate surface area is 138 Å². The Morgan fingerprint density at radius 1 is 1.21 bits per heavy atom. The van der Waals surface area contributed by atoms with E-state index >= 15 is 0 Å². The Hall–Kier alpha value is -2.93. The maximum atomic E-state index is 12.2. The first kappa shape index (κ1) is 15.9. The summed E-state index contributed by atoms with van der Waals surface area (Å²) in [4.78, 5) is 22.6. The molecular weight excluding hydrogens is 310 g/mol. The molecule has 0 saturated carbocycles. The number of nitro benzene ring substituents is 1. The molecule has 1 amide bonds. The summed E-state index contributed by atoms with van der Waals surface area (Å²) in [5, 5.41) is 26.6. The van der Waals surface area contributed by atoms with Gasteiger partial charge in [0.05, 0.1) is 23.6 Å². The number of anilines is 1. The molecular formula is C17H17N3O4. The third kappa shape index (κ3) is 3.21. The highest BCUT2D eigenvalue weighted by Crippen LogP contribution is 2.31. The second-order valence-electron chi connectivity index (χ2n) is 5.64. The SMILES string of the molecule is O=C(CNc1ccccc1[N+](=O)[O-])NC1c2ccccc2CC1O. The number of nitrogens with one attached hydrogen (secondary N) is 2. The number of rotatable bonds is 5. The molecule has 0 saturated heterocycles. The van der Waals surface area contributed by atoms with Crippen molar-refractivity contribution in [3.05, 3.63) is 69.8 Å². The molecule has 0 bridgehead atoms. The third-order valence-corrected chi connectivity index (χ3v) is 4.06. The minimum absolute atomic E-state index is 0.0865. The second kappa shape index (κ2) is 6.67. The van der Waals surface area contributed by atoms with Crippen molar-refractivity contribution in [1.29, 1.82) is 0 Å². The van der Waals surface area contributed by atoms with Crippen LogP contribution in [0.3, 0.4) is 0 Å². The van der Waals surface area contributed by atoms with Crippen LogP contribution in [0.1, 0.15) is 17.2 Å². The lowest BCUT2D eigenvalue weighted by Gasteiger charge is -2.18. The third-order valence-electron chi connectivity index (χ3n) is 4.06. The first-order chi connectivity index (χ1) is 11.6. The van der Waals surface area contributed by atoms with Crippen LogP contribution in [0.5, 0.6) is 0 Å². The number of nitrogens with zero attached hydrogens (tertiary/aromatic N) is 1. The minimum Gasteiger partial charge on any atom is -0.390 e. The van der Waals surface area contributed by atoms with Gasteiger partial charge in [-0.05, 0) is 17.2 Å². The van der Waals surface area contributed by atoms with Gasteiger partial charge >= 0.3 is 0 Å². The maximum Gasteiger partial charge on any atom is 0.292 e. The summed E-state index contributed by atoms with van der Waals surface area (Å²) in [6.07, 6.45) is -0.170. The maximum absolute atomic E-state index is 12.2. The Morgan fingerprint density at radius 2 is 1.92 bits per heavy atom. The van der Waals surface area contributed by atoms with Crippen molar-refractivity contribution >= 4 is 17.3 Å². The van der Waals surface area contributed by atoms with Gasteiger partial charge in [0.1, 0.15) is 5.69 Å². The van der Waals surface area contributed by atoms with E-state index in [1.165, 1.54) is 6.07 Å². The minimum atomic E-state index is -0.669. The van der Waals surface area contributed by atoms with Crippen LogP contribution in [0.15, 0.2) is 48.5 Å². The second-order valence-corrected chi connectivity index (χ2v) is 5.64. The van der Waals surface area contributed by atoms with Gasteiger partial charge in [-0.2, -0.15) is 0 Å². The largest absolute Gasteiger partial charge is 0.390 e. The summed E-state index contributed by atoms with van der Waals surface area (Å²) < 4.78 is 0. The van der Waals surface area contributed by atoms with Crippen molar-refractivity contribution < 1.29 is 14.8 Å². The normalized spacial score (nSPS) is 18.7. The summed E-state index contributed by atoms with van der Waals surface area (Å²) in [5.74, 6) is -0.339. The molecule has 24 heavy (non-hydrogen) atoms. The molecule has 2 aromatic carbocycles. The first-order valence-electron chi connectivity index (χ1n) is 7.59. The summed E-state index contributed by atoms with van der Waals surface area (Å²) in [6.45, 7) is -0.115. The van der Waals surface area contributed by atoms with Crippen LogP contribution in [0.4, 0.5) is 11.4 Å². The van der Waals surface area contributed by atoms with Crippen LogP contribution in [0.25, 0.3) is 0 Å². The molecule has 0 spiro atoms. The molecule has 3 N–H and O–H groups in total. The van der Waals surface area contributed by atoms with Gasteiger partial charge in [0.2, 0.25) is 5.91 Å². The fourth-order valence-electron chi connectivity index (χ4n) is 2.93. The van der Waals surface area contributed by atoms with Crippen LogP contribution in [-0.2, 0) is 11.2 Å². The summed E-state index contributed by atoms with van der Waals surface area (Å²) in [6, 6.07) is 13.2. The molecule has 0 aliphatic heterocycles. The molecule has 7 heteroatoms. The average molecular weight is 327 g/mol. The van der Waals surface area contributed by atoms with E-state index in [9.17, 15) is 20.0 Å². The topological polar surface area (TPSA) is 104 Å². The number of benzene rings is 2. The van der Waals surface area contributed by atoms with E-state index in [0.29, 0.717) is 6.42 Å². The van der Waals surface area contributed by atoms with Crippen LogP contribution in [-0.4, -0.2) is 28.6 Å². The smallest absolute Gasteiger partial charge is 0.292 e. The molecule has 7 nitrogen and oxygen atoms in total. The number of fused-ring (bicyclic) bond motifs is 1. The van der Waals surface area contributed by atoms with E-state index in [4.69, 9.17) is 0 Å². The van der Waals surface area contributed by atoms with Gasteiger partial charge in [0, 0.05) is 12.5 Å². The Morgan fingerprint density at radius 3 is 2.71 bits per heavy atom. The fraction of sp³-hybridized carbons (Fsp3) is 0.235. The summed E-state index contributed by atoms with van der Waals surface area (Å²) in [7, 11) is 0. The van der Waals surface area contributed by atoms with Crippen molar-refractivity contribution in [2.75, 3.05) is 11.9 Å². The molecule has 0 fully saturated rings. The monoisotopic (exact) mass is 327 g/mol. The number of carbonyl (C=O) groups is 1. The van der Waals surface area contributed by atoms with Gasteiger partial charge in [-0.15, -0.1) is 0 Å². The van der Waals surface area contributed by atoms with Crippen LogP contribution < -0.4 is 10.6 Å². The van der Waals surface area contributed by atoms with Gasteiger partial charge in [-0.25, -0.2) is 0 Å². The van der Waals surface area contributed by atoms with E-state index in [-0.39, 0.29) is 23.8 Å². The molecule has 0 radical (unpaired) electrons. The van der Waals surface area contributed by atoms with Crippen LogP contribution in [0.2, 0.25) is 0 Å². The molecule has 2 unspecified atom stereocenters. The van der Waals surface area contributed by atoms with Crippen molar-refractivity contribution in [2.24, 2.45) is 0 Å². The molecule has 1 aliphatic rings. The van der Waals surface area contributed by atoms with Gasteiger partial charge in [-0.1, -0.05) is 36.4 Å². The molecule has 0 heterocycles. The number of nitro groups is 1. The highest BCUT2D eigenvalue weighted by atomic mass is 16.6. The molecule has 0 aromatic heterocycles. The van der Waals surface area contributed by atoms with E-state index in [1.807, 2.05) is 24.3 Å². The van der Waals surface area contributed by atoms with Crippen LogP contribution in [0, 0.1) is 10.1 Å². The summed E-state index contributed by atoms with van der Waals surface area (Å²) in [5.41, 5.74) is 2.12. The zero-order valence-electron chi connectivity index (χ0n) is 12.8. The lowest BCUT2D eigenvalue weighted by atomic mass is 10.1. The van der Waals surface area contributed by atoms with E-state index < -0.39 is 17.1 Å². The van der Waals surface area contributed by atoms with Gasteiger partial charge in [-0.3, -0.25) is 14.9 Å². The number of hydrogen-bond acceptors (Lipinski definition) is 5. The van der Waals surface area contributed by atoms with Crippen molar-refractivity contribution in [1.82, 2.24) is 5.32 Å². The highest BCUT2D eigenvalue weighted by molar-refractivity contribution is 5.82. The van der Waals surface area contributed by atoms with E-state index in [2.05, 4.69) is 10.6 Å². The zero-order chi connectivity index (χ0) is 17.1. The Bertz CT molecular complexity index is 778. The average Bonchev–Trinajstić information content (AvgIpc) is 2.89. The Kier molecular flexibility index (Phi) is 4.43. The van der Waals surface area contributed by atoms with Crippen molar-refractivity contribution in [3.63, 3.8) is 0 Å². The Balaban J connectivity index is 1.64. The lowest BCUT2D eigenvalue weighted by Crippen LogP contribution is -2.37. The standard InChI is InChI=1S/C17H17N3O4/c21-15-9-11-5-1-2-6-12(11)17(15)19-16(22)10-18-13-7-3-4-8-14(13)20(23)24/h1-8,15,17-18,21H,9-10H2,(H,19,22). The van der Waals surface area contributed by atoms with Gasteiger partial charge < -0.3 is 15.7 Å². The van der Waals surface area contributed by atoms with E-state index in [0.717, 1.165) is 11.1 Å². The molecule has 3 rings (SSSR count). The van der Waals surface area contributed by atoms with Crippen molar-refractivity contribution in [2.45, 2.75) is 18.6 Å². The number of amides is 1. The molecule has 2 aromatic rings. The number of aliphatic hydroxyl groups is 1. The molecule has 1 aliphatic carbocycles.